The van der Waals surface area contributed by atoms with E-state index in [-0.39, 0.29) is 17.5 Å². The number of nitro groups is 1. The van der Waals surface area contributed by atoms with Crippen LogP contribution >= 0.6 is 34.4 Å². The second-order valence-corrected chi connectivity index (χ2v) is 8.15. The van der Waals surface area contributed by atoms with E-state index in [1.54, 1.807) is 12.1 Å². The minimum Gasteiger partial charge on any atom is -0.341 e. The first-order valence-corrected chi connectivity index (χ1v) is 9.64. The Kier molecular flexibility index (Phi) is 5.62. The lowest BCUT2D eigenvalue weighted by atomic mass is 10.1. The molecule has 10 heteroatoms. The first-order valence-electron chi connectivity index (χ1n) is 7.12. The summed E-state index contributed by atoms with van der Waals surface area (Å²) in [5.74, 6) is 2.12. The van der Waals surface area contributed by atoms with Gasteiger partial charge in [-0.15, -0.1) is 17.8 Å². The van der Waals surface area contributed by atoms with Crippen LogP contribution in [0.5, 0.6) is 0 Å². The molecule has 3 aromatic rings. The summed E-state index contributed by atoms with van der Waals surface area (Å²) in [7, 11) is 0. The zero-order valence-electron chi connectivity index (χ0n) is 13.0. The molecule has 0 unspecified atom stereocenters. The van der Waals surface area contributed by atoms with E-state index in [0.29, 0.717) is 9.90 Å². The molecular weight excluding hydrogens is 392 g/mol. The number of benzene rings is 1. The number of carbonyl (C=O) groups is 1. The van der Waals surface area contributed by atoms with Gasteiger partial charge in [0.25, 0.3) is 5.91 Å². The molecule has 0 aliphatic carbocycles. The highest BCUT2D eigenvalue weighted by Gasteiger charge is 2.14. The Labute approximate surface area is 160 Å². The fourth-order valence-corrected chi connectivity index (χ4v) is 4.73. The van der Waals surface area contributed by atoms with Crippen LogP contribution in [-0.4, -0.2) is 27.3 Å². The highest BCUT2D eigenvalue weighted by atomic mass is 32.2. The molecule has 2 aromatic heterocycles. The summed E-state index contributed by atoms with van der Waals surface area (Å²) in [6.07, 6.45) is 6.36. The van der Waals surface area contributed by atoms with Crippen LogP contribution in [0.4, 0.5) is 5.00 Å². The van der Waals surface area contributed by atoms with Gasteiger partial charge in [0.15, 0.2) is 8.68 Å². The fourth-order valence-electron chi connectivity index (χ4n) is 1.92. The van der Waals surface area contributed by atoms with Crippen LogP contribution in [0.25, 0.3) is 11.3 Å². The molecule has 0 fully saturated rings. The zero-order chi connectivity index (χ0) is 18.5. The molecule has 0 radical (unpaired) electrons. The molecule has 7 nitrogen and oxygen atoms in total. The topological polar surface area (TPSA) is 98.0 Å². The van der Waals surface area contributed by atoms with Gasteiger partial charge < -0.3 is 5.32 Å². The van der Waals surface area contributed by atoms with Crippen LogP contribution in [0.1, 0.15) is 10.4 Å². The van der Waals surface area contributed by atoms with Gasteiger partial charge in [-0.1, -0.05) is 18.1 Å². The molecule has 0 saturated carbocycles. The summed E-state index contributed by atoms with van der Waals surface area (Å²) in [5, 5.41) is 15.2. The van der Waals surface area contributed by atoms with Gasteiger partial charge in [-0.3, -0.25) is 14.9 Å². The molecule has 3 rings (SSSR count). The van der Waals surface area contributed by atoms with Crippen molar-refractivity contribution >= 4 is 45.3 Å². The van der Waals surface area contributed by atoms with Crippen LogP contribution in [0.15, 0.2) is 44.5 Å². The average molecular weight is 402 g/mol. The smallest absolute Gasteiger partial charge is 0.341 e. The van der Waals surface area contributed by atoms with E-state index in [1.807, 2.05) is 17.5 Å². The summed E-state index contributed by atoms with van der Waals surface area (Å²) in [4.78, 5) is 30.6. The van der Waals surface area contributed by atoms with Gasteiger partial charge in [-0.25, -0.2) is 9.97 Å². The molecule has 1 N–H and O–H groups in total. The Morgan fingerprint density at radius 1 is 1.35 bits per heavy atom. The third-order valence-electron chi connectivity index (χ3n) is 3.10. The highest BCUT2D eigenvalue weighted by molar-refractivity contribution is 8.02. The molecule has 130 valence electrons. The van der Waals surface area contributed by atoms with Crippen molar-refractivity contribution in [3.05, 3.63) is 51.5 Å². The Morgan fingerprint density at radius 2 is 2.12 bits per heavy atom. The first-order chi connectivity index (χ1) is 12.6. The Hall–Kier alpha value is -2.74. The monoisotopic (exact) mass is 402 g/mol. The van der Waals surface area contributed by atoms with Crippen molar-refractivity contribution in [2.24, 2.45) is 0 Å². The average Bonchev–Trinajstić information content (AvgIpc) is 3.30. The molecule has 1 amide bonds. The van der Waals surface area contributed by atoms with Gasteiger partial charge in [-0.05, 0) is 35.2 Å². The normalized spacial score (nSPS) is 10.3. The third kappa shape index (κ3) is 4.26. The fraction of sp³-hybridized carbons (Fsp3) is 0.0625. The number of aromatic nitrogens is 2. The Bertz CT molecular complexity index is 989. The summed E-state index contributed by atoms with van der Waals surface area (Å²) >= 11 is 3.73. The van der Waals surface area contributed by atoms with Crippen molar-refractivity contribution in [3.8, 4) is 23.6 Å². The van der Waals surface area contributed by atoms with Crippen molar-refractivity contribution in [1.29, 1.82) is 0 Å². The first kappa shape index (κ1) is 18.1. The van der Waals surface area contributed by atoms with Crippen molar-refractivity contribution in [1.82, 2.24) is 15.3 Å². The van der Waals surface area contributed by atoms with E-state index in [9.17, 15) is 14.9 Å². The summed E-state index contributed by atoms with van der Waals surface area (Å²) < 4.78 is 1.30. The molecule has 1 aromatic carbocycles. The lowest BCUT2D eigenvalue weighted by Crippen LogP contribution is -2.23. The van der Waals surface area contributed by atoms with Gasteiger partial charge in [0.1, 0.15) is 6.20 Å². The zero-order valence-corrected chi connectivity index (χ0v) is 15.5. The predicted molar refractivity (Wildman–Crippen MR) is 102 cm³/mol. The number of nitrogens with one attached hydrogen (secondary N) is 1. The van der Waals surface area contributed by atoms with Crippen molar-refractivity contribution in [2.45, 2.75) is 8.68 Å². The van der Waals surface area contributed by atoms with Crippen LogP contribution in [0.2, 0.25) is 0 Å². The summed E-state index contributed by atoms with van der Waals surface area (Å²) in [6, 6.07) is 7.03. The molecule has 0 aliphatic rings. The third-order valence-corrected chi connectivity index (χ3v) is 6.07. The minimum atomic E-state index is -0.462. The van der Waals surface area contributed by atoms with Gasteiger partial charge in [0, 0.05) is 16.5 Å². The maximum atomic E-state index is 11.8. The highest BCUT2D eigenvalue weighted by Crippen LogP contribution is 2.37. The summed E-state index contributed by atoms with van der Waals surface area (Å²) in [6.45, 7) is 0.183. The van der Waals surface area contributed by atoms with E-state index in [4.69, 9.17) is 6.42 Å². The summed E-state index contributed by atoms with van der Waals surface area (Å²) in [5.41, 5.74) is 2.15. The number of terminal acetylenes is 1. The molecule has 0 bridgehead atoms. The molecule has 26 heavy (non-hydrogen) atoms. The SMILES string of the molecule is C#CCNC(=O)c1ccc(-c2csc(Sc3ncc([N+](=O)[O-])s3)n2)cc1. The number of nitrogens with zero attached hydrogens (tertiary/aromatic N) is 3. The Balaban J connectivity index is 1.70. The predicted octanol–water partition coefficient (Wildman–Crippen LogP) is 3.69. The van der Waals surface area contributed by atoms with E-state index in [2.05, 4.69) is 21.2 Å². The van der Waals surface area contributed by atoms with Crippen LogP contribution < -0.4 is 5.32 Å². The standard InChI is InChI=1S/C16H10N4O3S3/c1-2-7-17-14(21)11-5-3-10(4-6-11)12-9-24-16(19-12)26-15-18-8-13(25-15)20(22)23/h1,3-6,8-9H,7H2,(H,17,21). The van der Waals surface area contributed by atoms with Gasteiger partial charge in [-0.2, -0.15) is 0 Å². The maximum absolute atomic E-state index is 11.8. The Morgan fingerprint density at radius 3 is 2.77 bits per heavy atom. The molecule has 0 atom stereocenters. The second-order valence-electron chi connectivity index (χ2n) is 4.79. The molecular formula is C16H10N4O3S3. The van der Waals surface area contributed by atoms with Crippen LogP contribution in [-0.2, 0) is 0 Å². The van der Waals surface area contributed by atoms with E-state index in [1.165, 1.54) is 29.3 Å². The van der Waals surface area contributed by atoms with Gasteiger partial charge in [0.05, 0.1) is 17.2 Å². The van der Waals surface area contributed by atoms with Crippen molar-refractivity contribution in [2.75, 3.05) is 6.54 Å². The number of amides is 1. The van der Waals surface area contributed by atoms with E-state index >= 15 is 0 Å². The lowest BCUT2D eigenvalue weighted by molar-refractivity contribution is -0.380. The minimum absolute atomic E-state index is 0.00276. The van der Waals surface area contributed by atoms with Crippen LogP contribution in [0.3, 0.4) is 0 Å². The largest absolute Gasteiger partial charge is 0.344 e. The molecule has 0 spiro atoms. The molecule has 0 aliphatic heterocycles. The van der Waals surface area contributed by atoms with Gasteiger partial charge >= 0.3 is 5.00 Å². The van der Waals surface area contributed by atoms with Gasteiger partial charge in [0.2, 0.25) is 0 Å². The number of thiazole rings is 2. The molecule has 2 heterocycles. The van der Waals surface area contributed by atoms with E-state index < -0.39 is 4.92 Å². The van der Waals surface area contributed by atoms with E-state index in [0.717, 1.165) is 26.9 Å². The number of carbonyl (C=O) groups excluding carboxylic acids is 1. The van der Waals surface area contributed by atoms with Crippen LogP contribution in [0, 0.1) is 22.5 Å². The number of hydrogen-bond acceptors (Lipinski definition) is 8. The lowest BCUT2D eigenvalue weighted by Gasteiger charge is -2.02. The number of hydrogen-bond donors (Lipinski definition) is 1. The molecule has 0 saturated heterocycles. The quantitative estimate of drug-likeness (QED) is 0.384. The maximum Gasteiger partial charge on any atom is 0.344 e. The number of rotatable bonds is 6. The second kappa shape index (κ2) is 8.09. The van der Waals surface area contributed by atoms with Crippen molar-refractivity contribution in [3.63, 3.8) is 0 Å². The van der Waals surface area contributed by atoms with Crippen molar-refractivity contribution < 1.29 is 9.72 Å².